The van der Waals surface area contributed by atoms with Crippen molar-refractivity contribution in [3.05, 3.63) is 36.4 Å². The molecule has 1 aliphatic carbocycles. The molecule has 0 spiro atoms. The normalized spacial score (nSPS) is 14.5. The van der Waals surface area contributed by atoms with E-state index in [4.69, 9.17) is 4.52 Å². The van der Waals surface area contributed by atoms with Gasteiger partial charge in [-0.05, 0) is 43.0 Å². The zero-order valence-corrected chi connectivity index (χ0v) is 11.3. The minimum Gasteiger partial charge on any atom is -0.361 e. The molecule has 1 fully saturated rings. The highest BCUT2D eigenvalue weighted by Crippen LogP contribution is 2.27. The van der Waals surface area contributed by atoms with Gasteiger partial charge in [0.1, 0.15) is 0 Å². The van der Waals surface area contributed by atoms with Gasteiger partial charge in [0.2, 0.25) is 5.82 Å². The lowest BCUT2D eigenvalue weighted by Gasteiger charge is -1.98. The molecule has 0 radical (unpaired) electrons. The van der Waals surface area contributed by atoms with Gasteiger partial charge in [0.25, 0.3) is 0 Å². The molecular weight excluding hydrogens is 268 g/mol. The Hall–Kier alpha value is -2.63. The first-order valence-corrected chi connectivity index (χ1v) is 6.99. The summed E-state index contributed by atoms with van der Waals surface area (Å²) in [5.41, 5.74) is 1.87. The van der Waals surface area contributed by atoms with Gasteiger partial charge in [-0.25, -0.2) is 0 Å². The van der Waals surface area contributed by atoms with Gasteiger partial charge in [0.15, 0.2) is 0 Å². The van der Waals surface area contributed by atoms with E-state index in [1.54, 1.807) is 0 Å². The van der Waals surface area contributed by atoms with E-state index >= 15 is 0 Å². The van der Waals surface area contributed by atoms with Gasteiger partial charge in [0.05, 0.1) is 0 Å². The lowest BCUT2D eigenvalue weighted by molar-refractivity contribution is 0.0908. The predicted molar refractivity (Wildman–Crippen MR) is 76.6 cm³/mol. The van der Waals surface area contributed by atoms with Gasteiger partial charge >= 0.3 is 11.8 Å². The Morgan fingerprint density at radius 2 is 2.29 bits per heavy atom. The number of carbonyl (C=O) groups excluding carboxylic acids is 1. The monoisotopic (exact) mass is 282 g/mol. The van der Waals surface area contributed by atoms with Gasteiger partial charge in [0, 0.05) is 29.2 Å². The van der Waals surface area contributed by atoms with Crippen LogP contribution in [-0.2, 0) is 0 Å². The van der Waals surface area contributed by atoms with Crippen molar-refractivity contribution in [3.8, 4) is 11.4 Å². The molecule has 106 valence electrons. The van der Waals surface area contributed by atoms with E-state index < -0.39 is 0 Å². The summed E-state index contributed by atoms with van der Waals surface area (Å²) in [5, 5.41) is 7.76. The third-order valence-corrected chi connectivity index (χ3v) is 3.68. The molecule has 6 heteroatoms. The molecule has 1 amide bonds. The summed E-state index contributed by atoms with van der Waals surface area (Å²) in [4.78, 5) is 19.2. The molecule has 0 unspecified atom stereocenters. The molecule has 0 aliphatic heterocycles. The SMILES string of the molecule is O=C(NCC1CC1)c1nc(-c2ccc3[nH]ccc3c2)no1. The summed E-state index contributed by atoms with van der Waals surface area (Å²) in [5.74, 6) is 0.755. The van der Waals surface area contributed by atoms with E-state index in [1.807, 2.05) is 30.5 Å². The molecule has 21 heavy (non-hydrogen) atoms. The van der Waals surface area contributed by atoms with Crippen LogP contribution in [0.4, 0.5) is 0 Å². The number of aromatic nitrogens is 3. The van der Waals surface area contributed by atoms with Crippen LogP contribution >= 0.6 is 0 Å². The third kappa shape index (κ3) is 2.40. The summed E-state index contributed by atoms with van der Waals surface area (Å²) in [6, 6.07) is 7.79. The largest absolute Gasteiger partial charge is 0.361 e. The smallest absolute Gasteiger partial charge is 0.316 e. The van der Waals surface area contributed by atoms with Crippen LogP contribution in [0.25, 0.3) is 22.3 Å². The Morgan fingerprint density at radius 1 is 1.38 bits per heavy atom. The minimum atomic E-state index is -0.302. The molecule has 2 N–H and O–H groups in total. The molecule has 4 rings (SSSR count). The van der Waals surface area contributed by atoms with Crippen molar-refractivity contribution in [1.29, 1.82) is 0 Å². The van der Waals surface area contributed by atoms with Crippen molar-refractivity contribution in [2.45, 2.75) is 12.8 Å². The molecule has 0 bridgehead atoms. The second kappa shape index (κ2) is 4.73. The number of aromatic amines is 1. The van der Waals surface area contributed by atoms with E-state index in [0.717, 1.165) is 16.5 Å². The Labute approximate surface area is 120 Å². The first-order chi connectivity index (χ1) is 10.3. The Kier molecular flexibility index (Phi) is 2.73. The van der Waals surface area contributed by atoms with Crippen LogP contribution in [0.1, 0.15) is 23.5 Å². The number of amides is 1. The molecule has 1 saturated carbocycles. The number of benzene rings is 1. The summed E-state index contributed by atoms with van der Waals surface area (Å²) in [7, 11) is 0. The van der Waals surface area contributed by atoms with Crippen LogP contribution in [0, 0.1) is 5.92 Å². The standard InChI is InChI=1S/C15H14N4O2/c20-14(17-8-9-1-2-9)15-18-13(19-21-15)11-3-4-12-10(7-11)5-6-16-12/h3-7,9,16H,1-2,8H2,(H,17,20). The van der Waals surface area contributed by atoms with Crippen LogP contribution < -0.4 is 5.32 Å². The fourth-order valence-corrected chi connectivity index (χ4v) is 2.26. The van der Waals surface area contributed by atoms with Gasteiger partial charge in [-0.1, -0.05) is 5.16 Å². The molecule has 1 aliphatic rings. The van der Waals surface area contributed by atoms with Crippen LogP contribution in [0.15, 0.2) is 35.0 Å². The van der Waals surface area contributed by atoms with Crippen molar-refractivity contribution < 1.29 is 9.32 Å². The third-order valence-electron chi connectivity index (χ3n) is 3.68. The second-order valence-electron chi connectivity index (χ2n) is 5.36. The molecule has 2 aromatic heterocycles. The Bertz CT molecular complexity index is 801. The Morgan fingerprint density at radius 3 is 3.14 bits per heavy atom. The lowest BCUT2D eigenvalue weighted by atomic mass is 10.1. The van der Waals surface area contributed by atoms with Crippen molar-refractivity contribution >= 4 is 16.8 Å². The van der Waals surface area contributed by atoms with Crippen molar-refractivity contribution in [2.24, 2.45) is 5.92 Å². The number of hydrogen-bond donors (Lipinski definition) is 2. The van der Waals surface area contributed by atoms with Crippen LogP contribution in [0.3, 0.4) is 0 Å². The van der Waals surface area contributed by atoms with E-state index in [0.29, 0.717) is 18.3 Å². The van der Waals surface area contributed by atoms with Crippen LogP contribution in [-0.4, -0.2) is 27.6 Å². The number of H-pyrrole nitrogens is 1. The van der Waals surface area contributed by atoms with Crippen molar-refractivity contribution in [3.63, 3.8) is 0 Å². The highest BCUT2D eigenvalue weighted by molar-refractivity contribution is 5.90. The fraction of sp³-hybridized carbons (Fsp3) is 0.267. The maximum atomic E-state index is 11.9. The van der Waals surface area contributed by atoms with Crippen molar-refractivity contribution in [1.82, 2.24) is 20.4 Å². The summed E-state index contributed by atoms with van der Waals surface area (Å²) in [6.07, 6.45) is 4.25. The molecule has 1 aromatic carbocycles. The van der Waals surface area contributed by atoms with E-state index in [2.05, 4.69) is 20.4 Å². The highest BCUT2D eigenvalue weighted by Gasteiger charge is 2.23. The van der Waals surface area contributed by atoms with Crippen LogP contribution in [0.5, 0.6) is 0 Å². The van der Waals surface area contributed by atoms with Gasteiger partial charge in [-0.15, -0.1) is 0 Å². The molecular formula is C15H14N4O2. The molecule has 0 saturated heterocycles. The van der Waals surface area contributed by atoms with Gasteiger partial charge in [-0.2, -0.15) is 4.98 Å². The first-order valence-electron chi connectivity index (χ1n) is 6.99. The number of fused-ring (bicyclic) bond motifs is 1. The lowest BCUT2D eigenvalue weighted by Crippen LogP contribution is -2.25. The number of nitrogens with zero attached hydrogens (tertiary/aromatic N) is 2. The summed E-state index contributed by atoms with van der Waals surface area (Å²) in [6.45, 7) is 0.686. The number of rotatable bonds is 4. The number of nitrogens with one attached hydrogen (secondary N) is 2. The molecule has 6 nitrogen and oxygen atoms in total. The predicted octanol–water partition coefficient (Wildman–Crippen LogP) is 2.36. The molecule has 2 heterocycles. The average molecular weight is 282 g/mol. The highest BCUT2D eigenvalue weighted by atomic mass is 16.5. The van der Waals surface area contributed by atoms with Crippen molar-refractivity contribution in [2.75, 3.05) is 6.54 Å². The average Bonchev–Trinajstić information content (AvgIpc) is 3.02. The van der Waals surface area contributed by atoms with Crippen LogP contribution in [0.2, 0.25) is 0 Å². The number of hydrogen-bond acceptors (Lipinski definition) is 4. The topological polar surface area (TPSA) is 83.8 Å². The zero-order chi connectivity index (χ0) is 14.2. The van der Waals surface area contributed by atoms with E-state index in [9.17, 15) is 4.79 Å². The number of carbonyl (C=O) groups is 1. The van der Waals surface area contributed by atoms with Gasteiger partial charge < -0.3 is 14.8 Å². The second-order valence-corrected chi connectivity index (χ2v) is 5.36. The Balaban J connectivity index is 1.56. The fourth-order valence-electron chi connectivity index (χ4n) is 2.26. The minimum absolute atomic E-state index is 0.0137. The molecule has 0 atom stereocenters. The van der Waals surface area contributed by atoms with Gasteiger partial charge in [-0.3, -0.25) is 4.79 Å². The quantitative estimate of drug-likeness (QED) is 0.769. The molecule has 3 aromatic rings. The first kappa shape index (κ1) is 12.1. The summed E-state index contributed by atoms with van der Waals surface area (Å²) >= 11 is 0. The van der Waals surface area contributed by atoms with E-state index in [-0.39, 0.29) is 11.8 Å². The maximum absolute atomic E-state index is 11.9. The maximum Gasteiger partial charge on any atom is 0.316 e. The van der Waals surface area contributed by atoms with E-state index in [1.165, 1.54) is 12.8 Å². The summed E-state index contributed by atoms with van der Waals surface area (Å²) < 4.78 is 5.05. The zero-order valence-electron chi connectivity index (χ0n) is 11.3.